The lowest BCUT2D eigenvalue weighted by Gasteiger charge is -2.62. The van der Waals surface area contributed by atoms with Gasteiger partial charge in [0.1, 0.15) is 5.82 Å². The first kappa shape index (κ1) is 24.5. The summed E-state index contributed by atoms with van der Waals surface area (Å²) >= 11 is 0. The Morgan fingerprint density at radius 3 is 2.69 bits per heavy atom. The number of hydrogen-bond acceptors (Lipinski definition) is 5. The second-order valence-electron chi connectivity index (χ2n) is 13.4. The first-order valence-corrected chi connectivity index (χ1v) is 14.4. The minimum Gasteiger partial charge on any atom is -0.393 e. The molecule has 6 rings (SSSR count). The van der Waals surface area contributed by atoms with Crippen molar-refractivity contribution in [3.63, 3.8) is 0 Å². The van der Waals surface area contributed by atoms with Gasteiger partial charge in [0.2, 0.25) is 0 Å². The molecule has 6 heteroatoms. The summed E-state index contributed by atoms with van der Waals surface area (Å²) in [6.07, 6.45) is 11.7. The van der Waals surface area contributed by atoms with Crippen molar-refractivity contribution in [3.8, 4) is 0 Å². The minimum atomic E-state index is -0.224. The molecule has 10 atom stereocenters. The molecule has 0 spiro atoms. The van der Waals surface area contributed by atoms with E-state index >= 15 is 0 Å². The third kappa shape index (κ3) is 3.77. The molecular formula is C30H43N3O3. The average molecular weight is 494 g/mol. The Morgan fingerprint density at radius 1 is 1.08 bits per heavy atom. The number of pyridine rings is 1. The van der Waals surface area contributed by atoms with Gasteiger partial charge in [-0.05, 0) is 116 Å². The maximum atomic E-state index is 12.5. The van der Waals surface area contributed by atoms with Crippen LogP contribution in [0.5, 0.6) is 0 Å². The van der Waals surface area contributed by atoms with Gasteiger partial charge in [-0.1, -0.05) is 20.8 Å². The van der Waals surface area contributed by atoms with E-state index in [9.17, 15) is 15.0 Å². The number of aromatic amines is 1. The fourth-order valence-electron chi connectivity index (χ4n) is 9.89. The zero-order valence-electron chi connectivity index (χ0n) is 22.1. The van der Waals surface area contributed by atoms with Crippen molar-refractivity contribution in [3.05, 3.63) is 34.5 Å². The van der Waals surface area contributed by atoms with Crippen LogP contribution >= 0.6 is 0 Å². The number of H-pyrrole nitrogens is 1. The minimum absolute atomic E-state index is 0.150. The highest BCUT2D eigenvalue weighted by Gasteiger charge is 2.62. The predicted molar refractivity (Wildman–Crippen MR) is 140 cm³/mol. The first-order valence-electron chi connectivity index (χ1n) is 14.4. The molecule has 3 N–H and O–H groups in total. The summed E-state index contributed by atoms with van der Waals surface area (Å²) in [5.41, 5.74) is 1.47. The van der Waals surface area contributed by atoms with Gasteiger partial charge < -0.3 is 15.2 Å². The molecule has 2 aromatic heterocycles. The Kier molecular flexibility index (Phi) is 6.07. The van der Waals surface area contributed by atoms with Crippen LogP contribution in [0.15, 0.2) is 23.1 Å². The summed E-state index contributed by atoms with van der Waals surface area (Å²) in [7, 11) is 0. The molecule has 4 aliphatic rings. The van der Waals surface area contributed by atoms with Gasteiger partial charge >= 0.3 is 0 Å². The van der Waals surface area contributed by atoms with Crippen LogP contribution in [-0.4, -0.2) is 37.4 Å². The van der Waals surface area contributed by atoms with Gasteiger partial charge in [-0.3, -0.25) is 4.79 Å². The Balaban J connectivity index is 1.18. The molecule has 0 amide bonds. The molecule has 4 aliphatic carbocycles. The normalized spacial score (nSPS) is 43.0. The van der Waals surface area contributed by atoms with Gasteiger partial charge in [0.05, 0.1) is 17.7 Å². The van der Waals surface area contributed by atoms with E-state index in [2.05, 4.69) is 35.7 Å². The number of nitrogens with one attached hydrogen (secondary N) is 1. The molecule has 2 aromatic rings. The number of nitrogens with zero attached hydrogens (tertiary/aromatic N) is 2. The lowest BCUT2D eigenvalue weighted by Crippen LogP contribution is -2.58. The molecule has 6 nitrogen and oxygen atoms in total. The fraction of sp³-hybridized carbons (Fsp3) is 0.767. The Labute approximate surface area is 214 Å². The highest BCUT2D eigenvalue weighted by molar-refractivity contribution is 5.72. The molecule has 196 valence electrons. The van der Waals surface area contributed by atoms with Crippen molar-refractivity contribution < 1.29 is 10.2 Å². The maximum absolute atomic E-state index is 12.5. The molecule has 0 bridgehead atoms. The van der Waals surface area contributed by atoms with E-state index < -0.39 is 0 Å². The highest BCUT2D eigenvalue weighted by atomic mass is 16.3. The molecule has 4 saturated carbocycles. The van der Waals surface area contributed by atoms with Crippen LogP contribution in [0, 0.1) is 46.3 Å². The van der Waals surface area contributed by atoms with Gasteiger partial charge in [0.25, 0.3) is 5.56 Å². The summed E-state index contributed by atoms with van der Waals surface area (Å²) in [6, 6.07) is 3.69. The molecule has 2 heterocycles. The zero-order valence-corrected chi connectivity index (χ0v) is 22.1. The molecule has 0 saturated heterocycles. The van der Waals surface area contributed by atoms with Crippen LogP contribution in [0.4, 0.5) is 0 Å². The Bertz CT molecular complexity index is 1180. The van der Waals surface area contributed by atoms with E-state index in [1.165, 1.54) is 25.7 Å². The van der Waals surface area contributed by atoms with Gasteiger partial charge in [-0.15, -0.1) is 0 Å². The molecule has 1 unspecified atom stereocenters. The molecule has 36 heavy (non-hydrogen) atoms. The number of aryl methyl sites for hydroxylation is 1. The standard InChI is InChI=1S/C30H43N3O3/c1-17(6-9-25-32-23-5-4-14-31-27(23)28(36)33-25)20-7-8-21-26-22(11-13-30(20,21)3)29(2)12-10-19(34)15-18(29)16-24(26)35/h4-5,14,17-22,24,26,34-35H,6-13,15-16H2,1-3H3,(H,32,33,36)/t17-,18+,19-,20-,21+,22?,24+,26+,29+,30-/m1/s1. The second-order valence-corrected chi connectivity index (χ2v) is 13.4. The third-order valence-electron chi connectivity index (χ3n) is 11.8. The molecule has 4 fully saturated rings. The summed E-state index contributed by atoms with van der Waals surface area (Å²) in [5, 5.41) is 21.8. The quantitative estimate of drug-likeness (QED) is 0.564. The van der Waals surface area contributed by atoms with E-state index in [1.54, 1.807) is 6.20 Å². The van der Waals surface area contributed by atoms with Crippen LogP contribution < -0.4 is 5.56 Å². The summed E-state index contributed by atoms with van der Waals surface area (Å²) in [6.45, 7) is 7.40. The number of hydrogen-bond donors (Lipinski definition) is 3. The average Bonchev–Trinajstić information content (AvgIpc) is 3.21. The van der Waals surface area contributed by atoms with Gasteiger partial charge in [-0.25, -0.2) is 9.97 Å². The van der Waals surface area contributed by atoms with Crippen molar-refractivity contribution in [2.45, 2.75) is 97.2 Å². The smallest absolute Gasteiger partial charge is 0.277 e. The number of fused-ring (bicyclic) bond motifs is 6. The van der Waals surface area contributed by atoms with Crippen molar-refractivity contribution >= 4 is 11.0 Å². The summed E-state index contributed by atoms with van der Waals surface area (Å²) in [5.74, 6) is 3.99. The second kappa shape index (κ2) is 8.90. The topological polar surface area (TPSA) is 99.1 Å². The van der Waals surface area contributed by atoms with E-state index in [1.807, 2.05) is 12.1 Å². The lowest BCUT2D eigenvalue weighted by molar-refractivity contribution is -0.174. The Morgan fingerprint density at radius 2 is 1.86 bits per heavy atom. The van der Waals surface area contributed by atoms with Gasteiger partial charge in [-0.2, -0.15) is 0 Å². The molecule has 0 aromatic carbocycles. The van der Waals surface area contributed by atoms with Crippen LogP contribution in [0.3, 0.4) is 0 Å². The molecule has 0 aliphatic heterocycles. The molecular weight excluding hydrogens is 450 g/mol. The SMILES string of the molecule is C[C@H](CCc1nc2cccnc2c(=O)[nH]1)[C@H]1CC[C@H]2[C@H]3C(CC[C@]12C)[C@@]1(C)CC[C@@H](O)C[C@H]1C[C@@H]3O. The van der Waals surface area contributed by atoms with Crippen molar-refractivity contribution in [2.75, 3.05) is 0 Å². The summed E-state index contributed by atoms with van der Waals surface area (Å²) < 4.78 is 0. The van der Waals surface area contributed by atoms with Crippen molar-refractivity contribution in [2.24, 2.45) is 46.3 Å². The Hall–Kier alpha value is -1.79. The summed E-state index contributed by atoms with van der Waals surface area (Å²) in [4.78, 5) is 24.3. The number of aliphatic hydroxyl groups is 2. The van der Waals surface area contributed by atoms with E-state index in [4.69, 9.17) is 0 Å². The van der Waals surface area contributed by atoms with Crippen LogP contribution in [0.2, 0.25) is 0 Å². The predicted octanol–water partition coefficient (Wildman–Crippen LogP) is 4.88. The highest BCUT2D eigenvalue weighted by Crippen LogP contribution is 2.68. The van der Waals surface area contributed by atoms with E-state index in [0.29, 0.717) is 46.5 Å². The third-order valence-corrected chi connectivity index (χ3v) is 11.8. The fourth-order valence-corrected chi connectivity index (χ4v) is 9.89. The zero-order chi connectivity index (χ0) is 25.2. The van der Waals surface area contributed by atoms with Crippen molar-refractivity contribution in [1.82, 2.24) is 15.0 Å². The van der Waals surface area contributed by atoms with E-state index in [0.717, 1.165) is 44.3 Å². The number of aliphatic hydroxyl groups excluding tert-OH is 2. The lowest BCUT2D eigenvalue weighted by atomic mass is 9.43. The number of rotatable bonds is 4. The van der Waals surface area contributed by atoms with Crippen molar-refractivity contribution in [1.29, 1.82) is 0 Å². The van der Waals surface area contributed by atoms with Crippen LogP contribution in [0.1, 0.15) is 84.4 Å². The van der Waals surface area contributed by atoms with Gasteiger partial charge in [0.15, 0.2) is 5.52 Å². The maximum Gasteiger partial charge on any atom is 0.277 e. The van der Waals surface area contributed by atoms with Gasteiger partial charge in [0, 0.05) is 12.6 Å². The van der Waals surface area contributed by atoms with Crippen LogP contribution in [0.25, 0.3) is 11.0 Å². The molecule has 0 radical (unpaired) electrons. The number of aromatic nitrogens is 3. The monoisotopic (exact) mass is 493 g/mol. The largest absolute Gasteiger partial charge is 0.393 e. The van der Waals surface area contributed by atoms with Crippen LogP contribution in [-0.2, 0) is 6.42 Å². The first-order chi connectivity index (χ1) is 17.2. The van der Waals surface area contributed by atoms with E-state index in [-0.39, 0.29) is 28.6 Å².